The van der Waals surface area contributed by atoms with Crippen LogP contribution in [0.2, 0.25) is 0 Å². The van der Waals surface area contributed by atoms with Crippen LogP contribution in [0, 0.1) is 18.3 Å². The van der Waals surface area contributed by atoms with E-state index in [9.17, 15) is 14.7 Å². The summed E-state index contributed by atoms with van der Waals surface area (Å²) in [5.74, 6) is 1.20. The Morgan fingerprint density at radius 1 is 1.14 bits per heavy atom. The lowest BCUT2D eigenvalue weighted by atomic mass is 9.83. The molecule has 0 spiro atoms. The number of pyridine rings is 1. The van der Waals surface area contributed by atoms with Crippen LogP contribution in [-0.4, -0.2) is 83.8 Å². The summed E-state index contributed by atoms with van der Waals surface area (Å²) in [6.45, 7) is 6.82. The van der Waals surface area contributed by atoms with Crippen molar-refractivity contribution >= 4 is 34.3 Å². The standard InChI is InChI=1S/C37H50N4O8S/c1-22-38-25(20-50-22)19-47-32-17-31-27-14-24(30(45-4)16-28(27)39-32)12-9-13-37(2,3)21-48-36(44)40-33(23-10-7-6-8-11-23)34(42)41-18-26(49-31)15-29(41)35(43)46-5/h14,16-17,20,23,26,29,33-34,42H,6-13,15,18-19,21H2,1-5H3,(H,40,44)/t26-,29+,33+,34?/m1/s1. The number of aryl methyl sites for hydroxylation is 2. The third kappa shape index (κ3) is 8.43. The maximum atomic E-state index is 13.3. The van der Waals surface area contributed by atoms with Gasteiger partial charge in [-0.15, -0.1) is 11.3 Å². The molecule has 1 aliphatic carbocycles. The second kappa shape index (κ2) is 15.7. The Hall–Kier alpha value is -3.68. The minimum Gasteiger partial charge on any atom is -0.496 e. The van der Waals surface area contributed by atoms with Gasteiger partial charge in [0.25, 0.3) is 0 Å². The Morgan fingerprint density at radius 2 is 1.94 bits per heavy atom. The SMILES string of the molecule is COC(=O)[C@@H]1C[C@@H]2CN1C(O)[C@H](C1CCCCC1)NC(=O)OCC(C)(C)CCCc1cc3c(cc(OCc4csc(C)n4)nc3cc1OC)O2. The van der Waals surface area contributed by atoms with Crippen LogP contribution in [0.4, 0.5) is 4.79 Å². The average molecular weight is 711 g/mol. The van der Waals surface area contributed by atoms with E-state index in [1.54, 1.807) is 29.4 Å². The summed E-state index contributed by atoms with van der Waals surface area (Å²) >= 11 is 1.56. The van der Waals surface area contributed by atoms with Crippen molar-refractivity contribution < 1.29 is 38.4 Å². The average Bonchev–Trinajstić information content (AvgIpc) is 3.73. The summed E-state index contributed by atoms with van der Waals surface area (Å²) in [5.41, 5.74) is 2.17. The Morgan fingerprint density at radius 3 is 2.66 bits per heavy atom. The lowest BCUT2D eigenvalue weighted by Gasteiger charge is -2.39. The molecule has 4 heterocycles. The van der Waals surface area contributed by atoms with E-state index in [0.717, 1.165) is 73.0 Å². The molecule has 13 heteroatoms. The van der Waals surface area contributed by atoms with Crippen LogP contribution in [0.1, 0.15) is 81.5 Å². The van der Waals surface area contributed by atoms with Crippen molar-refractivity contribution in [3.63, 3.8) is 0 Å². The third-order valence-corrected chi connectivity index (χ3v) is 11.1. The van der Waals surface area contributed by atoms with Gasteiger partial charge < -0.3 is 34.1 Å². The van der Waals surface area contributed by atoms with E-state index in [1.807, 2.05) is 18.4 Å². The zero-order valence-electron chi connectivity index (χ0n) is 29.7. The van der Waals surface area contributed by atoms with Gasteiger partial charge in [0.1, 0.15) is 36.5 Å². The number of aliphatic hydroxyl groups is 1. The van der Waals surface area contributed by atoms with E-state index in [1.165, 1.54) is 7.11 Å². The first-order valence-corrected chi connectivity index (χ1v) is 18.6. The molecule has 6 rings (SSSR count). The number of carbonyl (C=O) groups excluding carboxylic acids is 2. The predicted octanol–water partition coefficient (Wildman–Crippen LogP) is 5.94. The molecule has 1 saturated heterocycles. The number of amides is 1. The van der Waals surface area contributed by atoms with Gasteiger partial charge in [-0.3, -0.25) is 9.69 Å². The highest BCUT2D eigenvalue weighted by Gasteiger charge is 2.46. The van der Waals surface area contributed by atoms with Gasteiger partial charge in [-0.1, -0.05) is 33.1 Å². The van der Waals surface area contributed by atoms with Gasteiger partial charge in [0, 0.05) is 35.9 Å². The molecule has 2 unspecified atom stereocenters. The van der Waals surface area contributed by atoms with E-state index < -0.39 is 36.5 Å². The number of aliphatic hydroxyl groups excluding tert-OH is 1. The van der Waals surface area contributed by atoms with Crippen LogP contribution in [0.3, 0.4) is 0 Å². The normalized spacial score (nSPS) is 26.3. The largest absolute Gasteiger partial charge is 0.496 e. The number of aromatic nitrogens is 2. The molecule has 1 amide bonds. The minimum absolute atomic E-state index is 0.0296. The maximum absolute atomic E-state index is 13.3. The first kappa shape index (κ1) is 36.1. The van der Waals surface area contributed by atoms with E-state index in [0.29, 0.717) is 22.9 Å². The van der Waals surface area contributed by atoms with Crippen LogP contribution in [0.15, 0.2) is 23.6 Å². The lowest BCUT2D eigenvalue weighted by Crippen LogP contribution is -2.58. The number of alkyl carbamates (subject to hydrolysis) is 1. The van der Waals surface area contributed by atoms with Gasteiger partial charge >= 0.3 is 12.1 Å². The summed E-state index contributed by atoms with van der Waals surface area (Å²) in [4.78, 5) is 37.6. The van der Waals surface area contributed by atoms with Crippen LogP contribution < -0.4 is 19.5 Å². The monoisotopic (exact) mass is 710 g/mol. The molecule has 2 aliphatic heterocycles. The molecule has 272 valence electrons. The molecular weight excluding hydrogens is 660 g/mol. The van der Waals surface area contributed by atoms with E-state index >= 15 is 0 Å². The number of nitrogens with zero attached hydrogens (tertiary/aromatic N) is 3. The van der Waals surface area contributed by atoms with Gasteiger partial charge in [-0.2, -0.15) is 0 Å². The second-order valence-electron chi connectivity index (χ2n) is 14.6. The molecule has 2 N–H and O–H groups in total. The summed E-state index contributed by atoms with van der Waals surface area (Å²) < 4.78 is 29.7. The highest BCUT2D eigenvalue weighted by molar-refractivity contribution is 7.09. The van der Waals surface area contributed by atoms with Crippen LogP contribution >= 0.6 is 11.3 Å². The Balaban J connectivity index is 1.39. The summed E-state index contributed by atoms with van der Waals surface area (Å²) in [5, 5.41) is 18.8. The molecule has 1 aromatic carbocycles. The van der Waals surface area contributed by atoms with Crippen molar-refractivity contribution in [1.29, 1.82) is 0 Å². The van der Waals surface area contributed by atoms with Crippen molar-refractivity contribution in [3.05, 3.63) is 39.8 Å². The number of ether oxygens (including phenoxy) is 5. The number of esters is 1. The van der Waals surface area contributed by atoms with Gasteiger partial charge in [-0.25, -0.2) is 14.8 Å². The smallest absolute Gasteiger partial charge is 0.407 e. The molecule has 3 aliphatic rings. The van der Waals surface area contributed by atoms with Crippen molar-refractivity contribution in [2.45, 2.75) is 110 Å². The number of hydrogen-bond acceptors (Lipinski definition) is 12. The molecule has 0 radical (unpaired) electrons. The number of nitrogens with one attached hydrogen (secondary N) is 1. The molecule has 4 bridgehead atoms. The fourth-order valence-electron chi connectivity index (χ4n) is 7.57. The van der Waals surface area contributed by atoms with Gasteiger partial charge in [0.05, 0.1) is 43.1 Å². The Labute approximate surface area is 297 Å². The van der Waals surface area contributed by atoms with Crippen molar-refractivity contribution in [2.24, 2.45) is 11.3 Å². The number of thiazole rings is 1. The van der Waals surface area contributed by atoms with Gasteiger partial charge in [0.2, 0.25) is 5.88 Å². The molecule has 50 heavy (non-hydrogen) atoms. The number of cyclic esters (lactones) is 1. The molecule has 12 nitrogen and oxygen atoms in total. The number of rotatable bonds is 6. The second-order valence-corrected chi connectivity index (χ2v) is 15.6. The zero-order chi connectivity index (χ0) is 35.4. The van der Waals surface area contributed by atoms with Crippen molar-refractivity contribution in [1.82, 2.24) is 20.2 Å². The van der Waals surface area contributed by atoms with Crippen LogP contribution in [0.25, 0.3) is 10.9 Å². The number of hydrogen-bond donors (Lipinski definition) is 2. The van der Waals surface area contributed by atoms with E-state index in [2.05, 4.69) is 30.2 Å². The quantitative estimate of drug-likeness (QED) is 0.294. The number of benzene rings is 1. The lowest BCUT2D eigenvalue weighted by molar-refractivity contribution is -0.151. The summed E-state index contributed by atoms with van der Waals surface area (Å²) in [6, 6.07) is 4.33. The number of methoxy groups -OCH3 is 2. The summed E-state index contributed by atoms with van der Waals surface area (Å²) in [6.07, 6.45) is 5.29. The van der Waals surface area contributed by atoms with Crippen LogP contribution in [0.5, 0.6) is 17.4 Å². The van der Waals surface area contributed by atoms with Crippen LogP contribution in [-0.2, 0) is 27.3 Å². The topological polar surface area (TPSA) is 142 Å². The molecule has 2 fully saturated rings. The maximum Gasteiger partial charge on any atom is 0.407 e. The van der Waals surface area contributed by atoms with Crippen molar-refractivity contribution in [2.75, 3.05) is 27.4 Å². The fourth-order valence-corrected chi connectivity index (χ4v) is 8.17. The van der Waals surface area contributed by atoms with Gasteiger partial charge in [-0.05, 0) is 62.0 Å². The van der Waals surface area contributed by atoms with Crippen molar-refractivity contribution in [3.8, 4) is 17.4 Å². The van der Waals surface area contributed by atoms with E-state index in [-0.39, 0.29) is 37.5 Å². The molecular formula is C37H50N4O8S. The first-order chi connectivity index (χ1) is 24.0. The first-order valence-electron chi connectivity index (χ1n) is 17.7. The number of fused-ring (bicyclic) bond motifs is 3. The molecule has 5 atom stereocenters. The molecule has 1 saturated carbocycles. The highest BCUT2D eigenvalue weighted by atomic mass is 32.1. The van der Waals surface area contributed by atoms with E-state index in [4.69, 9.17) is 28.7 Å². The number of carbonyl (C=O) groups is 2. The minimum atomic E-state index is -1.17. The molecule has 3 aromatic rings. The summed E-state index contributed by atoms with van der Waals surface area (Å²) in [7, 11) is 2.99. The Bertz CT molecular complexity index is 1660. The Kier molecular flexibility index (Phi) is 11.3. The fraction of sp³-hybridized carbons (Fsp3) is 0.622. The predicted molar refractivity (Wildman–Crippen MR) is 189 cm³/mol. The van der Waals surface area contributed by atoms with Gasteiger partial charge in [0.15, 0.2) is 0 Å². The third-order valence-electron chi connectivity index (χ3n) is 10.2. The zero-order valence-corrected chi connectivity index (χ0v) is 30.6. The molecule has 2 aromatic heterocycles. The highest BCUT2D eigenvalue weighted by Crippen LogP contribution is 2.38.